The van der Waals surface area contributed by atoms with Gasteiger partial charge in [-0.2, -0.15) is 0 Å². The van der Waals surface area contributed by atoms with E-state index in [9.17, 15) is 4.79 Å². The molecule has 0 aliphatic rings. The van der Waals surface area contributed by atoms with Crippen LogP contribution >= 0.6 is 23.2 Å². The summed E-state index contributed by atoms with van der Waals surface area (Å²) in [6.45, 7) is 0. The van der Waals surface area contributed by atoms with Crippen LogP contribution in [0.25, 0.3) is 0 Å². The van der Waals surface area contributed by atoms with Gasteiger partial charge in [0.25, 0.3) is 0 Å². The van der Waals surface area contributed by atoms with Gasteiger partial charge in [0.15, 0.2) is 0 Å². The van der Waals surface area contributed by atoms with Crippen LogP contribution in [-0.2, 0) is 4.79 Å². The number of allylic oxidation sites excluding steroid dienone is 2. The normalized spacial score (nSPS) is 10.2. The first-order valence-electron chi connectivity index (χ1n) is 2.16. The van der Waals surface area contributed by atoms with Gasteiger partial charge in [0.2, 0.25) is 5.24 Å². The number of halogens is 2. The van der Waals surface area contributed by atoms with E-state index in [-0.39, 0.29) is 11.7 Å². The summed E-state index contributed by atoms with van der Waals surface area (Å²) in [6, 6.07) is 0. The lowest BCUT2D eigenvalue weighted by Gasteiger charge is -1.77. The van der Waals surface area contributed by atoms with E-state index in [4.69, 9.17) is 23.2 Å². The van der Waals surface area contributed by atoms with E-state index in [0.717, 1.165) is 0 Å². The van der Waals surface area contributed by atoms with Crippen molar-refractivity contribution in [1.82, 2.24) is 0 Å². The second-order valence-electron chi connectivity index (χ2n) is 1.18. The van der Waals surface area contributed by atoms with Crippen molar-refractivity contribution >= 4 is 28.4 Å². The Morgan fingerprint density at radius 2 is 2.12 bits per heavy atom. The van der Waals surface area contributed by atoms with Crippen molar-refractivity contribution in [3.05, 3.63) is 12.2 Å². The minimum Gasteiger partial charge on any atom is -0.281 e. The Labute approximate surface area is 58.3 Å². The molecule has 0 aromatic carbocycles. The lowest BCUT2D eigenvalue weighted by Crippen LogP contribution is -1.78. The van der Waals surface area contributed by atoms with Crippen LogP contribution in [0.4, 0.5) is 0 Å². The van der Waals surface area contributed by atoms with Gasteiger partial charge in [0.05, 0.1) is 0 Å². The summed E-state index contributed by atoms with van der Waals surface area (Å²) in [7, 11) is 0. The maximum atomic E-state index is 9.99. The molecule has 46 valence electrons. The molecule has 0 aliphatic heterocycles. The highest BCUT2D eigenvalue weighted by molar-refractivity contribution is 6.63. The molecular formula is C5H6Cl2O. The maximum Gasteiger partial charge on any atom is 0.225 e. The van der Waals surface area contributed by atoms with E-state index in [0.29, 0.717) is 5.88 Å². The standard InChI is InChI=1S/C5H6Cl2O/c6-4-2-1-3-5(7)8/h1-2H,3-4H2/b2-1+. The molecule has 8 heavy (non-hydrogen) atoms. The molecule has 0 aromatic rings. The molecule has 0 fully saturated rings. The van der Waals surface area contributed by atoms with E-state index in [2.05, 4.69) is 0 Å². The van der Waals surface area contributed by atoms with Crippen LogP contribution in [0.5, 0.6) is 0 Å². The molecule has 0 saturated heterocycles. The molecule has 0 bridgehead atoms. The van der Waals surface area contributed by atoms with Gasteiger partial charge in [-0.25, -0.2) is 0 Å². The summed E-state index contributed by atoms with van der Waals surface area (Å²) in [5.74, 6) is 0.435. The molecule has 0 unspecified atom stereocenters. The first-order chi connectivity index (χ1) is 3.77. The van der Waals surface area contributed by atoms with E-state index in [1.807, 2.05) is 0 Å². The fraction of sp³-hybridized carbons (Fsp3) is 0.400. The molecule has 0 radical (unpaired) electrons. The van der Waals surface area contributed by atoms with E-state index < -0.39 is 0 Å². The van der Waals surface area contributed by atoms with Gasteiger partial charge in [0, 0.05) is 12.3 Å². The highest BCUT2D eigenvalue weighted by Gasteiger charge is 1.86. The summed E-state index contributed by atoms with van der Waals surface area (Å²) in [6.07, 6.45) is 3.60. The van der Waals surface area contributed by atoms with Crippen LogP contribution in [-0.4, -0.2) is 11.1 Å². The number of rotatable bonds is 3. The van der Waals surface area contributed by atoms with Crippen molar-refractivity contribution < 1.29 is 4.79 Å². The Morgan fingerprint density at radius 3 is 2.50 bits per heavy atom. The Hall–Kier alpha value is -0.0100. The molecular weight excluding hydrogens is 147 g/mol. The topological polar surface area (TPSA) is 17.1 Å². The molecule has 0 N–H and O–H groups in total. The predicted octanol–water partition coefficient (Wildman–Crippen LogP) is 1.94. The Morgan fingerprint density at radius 1 is 1.50 bits per heavy atom. The van der Waals surface area contributed by atoms with Crippen LogP contribution in [0.2, 0.25) is 0 Å². The van der Waals surface area contributed by atoms with Gasteiger partial charge in [-0.05, 0) is 11.6 Å². The lowest BCUT2D eigenvalue weighted by atomic mass is 10.4. The molecule has 0 saturated carbocycles. The average Bonchev–Trinajstić information content (AvgIpc) is 1.66. The lowest BCUT2D eigenvalue weighted by molar-refractivity contribution is -0.110. The minimum absolute atomic E-state index is 0.272. The quantitative estimate of drug-likeness (QED) is 0.344. The summed E-state index contributed by atoms with van der Waals surface area (Å²) in [5, 5.41) is -0.355. The number of carbonyl (C=O) groups excluding carboxylic acids is 1. The van der Waals surface area contributed by atoms with Crippen molar-refractivity contribution in [2.75, 3.05) is 5.88 Å². The van der Waals surface area contributed by atoms with E-state index in [1.54, 1.807) is 12.2 Å². The zero-order chi connectivity index (χ0) is 6.41. The third-order valence-corrected chi connectivity index (χ3v) is 0.867. The van der Waals surface area contributed by atoms with Gasteiger partial charge in [-0.3, -0.25) is 4.79 Å². The first-order valence-corrected chi connectivity index (χ1v) is 3.08. The highest BCUT2D eigenvalue weighted by Crippen LogP contribution is 1.89. The van der Waals surface area contributed by atoms with Gasteiger partial charge in [-0.1, -0.05) is 12.2 Å². The summed E-state index contributed by atoms with van der Waals surface area (Å²) >= 11 is 10.2. The number of hydrogen-bond donors (Lipinski definition) is 0. The van der Waals surface area contributed by atoms with Crippen LogP contribution in [0.3, 0.4) is 0 Å². The van der Waals surface area contributed by atoms with Crippen molar-refractivity contribution in [3.8, 4) is 0 Å². The fourth-order valence-electron chi connectivity index (χ4n) is 0.239. The molecule has 0 atom stereocenters. The molecule has 0 heterocycles. The summed E-state index contributed by atoms with van der Waals surface area (Å²) < 4.78 is 0. The van der Waals surface area contributed by atoms with Crippen molar-refractivity contribution in [3.63, 3.8) is 0 Å². The highest BCUT2D eigenvalue weighted by atomic mass is 35.5. The third-order valence-electron chi connectivity index (χ3n) is 0.534. The van der Waals surface area contributed by atoms with Crippen LogP contribution in [0.1, 0.15) is 6.42 Å². The molecule has 0 rings (SSSR count). The number of alkyl halides is 1. The van der Waals surface area contributed by atoms with Crippen molar-refractivity contribution in [2.24, 2.45) is 0 Å². The second kappa shape index (κ2) is 5.13. The van der Waals surface area contributed by atoms with Crippen LogP contribution in [0, 0.1) is 0 Å². The zero-order valence-electron chi connectivity index (χ0n) is 4.23. The minimum atomic E-state index is -0.355. The van der Waals surface area contributed by atoms with Crippen molar-refractivity contribution in [2.45, 2.75) is 6.42 Å². The molecule has 0 aliphatic carbocycles. The van der Waals surface area contributed by atoms with E-state index in [1.165, 1.54) is 0 Å². The molecule has 0 aromatic heterocycles. The summed E-state index contributed by atoms with van der Waals surface area (Å²) in [4.78, 5) is 9.99. The van der Waals surface area contributed by atoms with Gasteiger partial charge in [-0.15, -0.1) is 11.6 Å². The van der Waals surface area contributed by atoms with E-state index >= 15 is 0 Å². The third kappa shape index (κ3) is 5.99. The molecule has 1 nitrogen and oxygen atoms in total. The largest absolute Gasteiger partial charge is 0.281 e. The fourth-order valence-corrected chi connectivity index (χ4v) is 0.454. The molecule has 0 spiro atoms. The summed E-state index contributed by atoms with van der Waals surface area (Å²) in [5.41, 5.74) is 0. The SMILES string of the molecule is O=C(Cl)C/C=C/CCl. The van der Waals surface area contributed by atoms with Crippen LogP contribution in [0.15, 0.2) is 12.2 Å². The van der Waals surface area contributed by atoms with Gasteiger partial charge < -0.3 is 0 Å². The Kier molecular flexibility index (Phi) is 5.13. The first kappa shape index (κ1) is 7.99. The average molecular weight is 153 g/mol. The predicted molar refractivity (Wildman–Crippen MR) is 35.3 cm³/mol. The molecule has 0 amide bonds. The maximum absolute atomic E-state index is 9.99. The zero-order valence-corrected chi connectivity index (χ0v) is 5.74. The Balaban J connectivity index is 3.16. The second-order valence-corrected chi connectivity index (χ2v) is 1.92. The monoisotopic (exact) mass is 152 g/mol. The smallest absolute Gasteiger partial charge is 0.225 e. The Bertz CT molecular complexity index is 98.6. The molecule has 3 heteroatoms. The van der Waals surface area contributed by atoms with Crippen molar-refractivity contribution in [1.29, 1.82) is 0 Å². The number of hydrogen-bond acceptors (Lipinski definition) is 1. The van der Waals surface area contributed by atoms with Crippen LogP contribution < -0.4 is 0 Å². The number of carbonyl (C=O) groups is 1. The van der Waals surface area contributed by atoms with Gasteiger partial charge in [0.1, 0.15) is 0 Å². The van der Waals surface area contributed by atoms with Gasteiger partial charge >= 0.3 is 0 Å².